The average Bonchev–Trinajstić information content (AvgIpc) is 3.21. The van der Waals surface area contributed by atoms with Crippen LogP contribution in [0.15, 0.2) is 72.8 Å². The van der Waals surface area contributed by atoms with Crippen molar-refractivity contribution in [3.05, 3.63) is 111 Å². The number of carbonyl (C=O) groups excluding carboxylic acids is 4. The number of benzene rings is 3. The molecule has 9 heteroatoms. The summed E-state index contributed by atoms with van der Waals surface area (Å²) >= 11 is 0. The van der Waals surface area contributed by atoms with E-state index in [-0.39, 0.29) is 23.1 Å². The van der Waals surface area contributed by atoms with Crippen LogP contribution in [0.1, 0.15) is 58.3 Å². The minimum absolute atomic E-state index is 0.144. The molecule has 202 valence electrons. The van der Waals surface area contributed by atoms with Gasteiger partial charge in [0.2, 0.25) is 11.8 Å². The van der Waals surface area contributed by atoms with Crippen molar-refractivity contribution in [3.63, 3.8) is 0 Å². The third-order valence-corrected chi connectivity index (χ3v) is 8.38. The van der Waals surface area contributed by atoms with Gasteiger partial charge in [0.25, 0.3) is 5.69 Å². The Kier molecular flexibility index (Phi) is 6.09. The van der Waals surface area contributed by atoms with Gasteiger partial charge in [0.15, 0.2) is 12.4 Å². The molecular formula is C31H26N2O7. The van der Waals surface area contributed by atoms with Gasteiger partial charge < -0.3 is 4.74 Å². The molecule has 3 atom stereocenters. The largest absolute Gasteiger partial charge is 0.456 e. The summed E-state index contributed by atoms with van der Waals surface area (Å²) in [6, 6.07) is 19.6. The van der Waals surface area contributed by atoms with Crippen molar-refractivity contribution in [1.29, 1.82) is 0 Å². The molecule has 7 rings (SSSR count). The molecule has 3 aliphatic carbocycles. The molecule has 0 N–H and O–H groups in total. The van der Waals surface area contributed by atoms with E-state index in [0.29, 0.717) is 0 Å². The highest BCUT2D eigenvalue weighted by atomic mass is 16.6. The second-order valence-electron chi connectivity index (χ2n) is 10.8. The first-order valence-electron chi connectivity index (χ1n) is 13.2. The van der Waals surface area contributed by atoms with E-state index >= 15 is 0 Å². The van der Waals surface area contributed by atoms with Crippen LogP contribution in [-0.4, -0.2) is 46.0 Å². The zero-order chi connectivity index (χ0) is 28.3. The van der Waals surface area contributed by atoms with Crippen molar-refractivity contribution in [2.24, 2.45) is 17.8 Å². The Morgan fingerprint density at radius 2 is 1.27 bits per heavy atom. The normalized spacial score (nSPS) is 22.9. The molecule has 2 amide bonds. The minimum atomic E-state index is -1.19. The number of imide groups is 1. The highest BCUT2D eigenvalue weighted by Crippen LogP contribution is 2.61. The van der Waals surface area contributed by atoms with Crippen LogP contribution in [-0.2, 0) is 19.1 Å². The topological polar surface area (TPSA) is 124 Å². The molecular weight excluding hydrogens is 512 g/mol. The molecule has 0 radical (unpaired) electrons. The molecule has 1 heterocycles. The molecule has 4 aliphatic rings. The fourth-order valence-corrected chi connectivity index (χ4v) is 6.72. The summed E-state index contributed by atoms with van der Waals surface area (Å²) < 4.78 is 5.35. The van der Waals surface area contributed by atoms with Crippen molar-refractivity contribution in [3.8, 4) is 0 Å². The average molecular weight is 539 g/mol. The fourth-order valence-electron chi connectivity index (χ4n) is 6.72. The summed E-state index contributed by atoms with van der Waals surface area (Å²) in [5, 5.41) is 10.9. The van der Waals surface area contributed by atoms with Gasteiger partial charge in [-0.15, -0.1) is 0 Å². The number of hydrogen-bond acceptors (Lipinski definition) is 7. The van der Waals surface area contributed by atoms with Gasteiger partial charge in [0.05, 0.1) is 16.8 Å². The lowest BCUT2D eigenvalue weighted by Crippen LogP contribution is -2.49. The number of nitro groups is 1. The van der Waals surface area contributed by atoms with Crippen LogP contribution < -0.4 is 0 Å². The lowest BCUT2D eigenvalue weighted by Gasteiger charge is -2.45. The predicted molar refractivity (Wildman–Crippen MR) is 142 cm³/mol. The number of ether oxygens (including phenoxy) is 1. The van der Waals surface area contributed by atoms with Crippen molar-refractivity contribution >= 4 is 29.3 Å². The fraction of sp³-hybridized carbons (Fsp3) is 0.290. The van der Waals surface area contributed by atoms with Crippen molar-refractivity contribution in [2.75, 3.05) is 6.61 Å². The number of amides is 2. The summed E-state index contributed by atoms with van der Waals surface area (Å²) in [5.41, 5.74) is 4.12. The van der Waals surface area contributed by atoms with E-state index in [0.717, 1.165) is 27.2 Å². The zero-order valence-corrected chi connectivity index (χ0v) is 21.9. The summed E-state index contributed by atoms with van der Waals surface area (Å²) in [7, 11) is 0. The van der Waals surface area contributed by atoms with E-state index in [9.17, 15) is 29.3 Å². The van der Waals surface area contributed by atoms with Crippen LogP contribution in [0.5, 0.6) is 0 Å². The van der Waals surface area contributed by atoms with Gasteiger partial charge in [-0.25, -0.2) is 4.79 Å². The molecule has 1 saturated heterocycles. The number of carbonyl (C=O) groups is 4. The number of Topliss-reactive ketones (excluding diaryl/α,β-unsaturated/α-hetero) is 1. The zero-order valence-electron chi connectivity index (χ0n) is 21.9. The van der Waals surface area contributed by atoms with E-state index < -0.39 is 58.9 Å². The quantitative estimate of drug-likeness (QED) is 0.145. The number of hydrogen-bond donors (Lipinski definition) is 0. The molecule has 9 nitrogen and oxygen atoms in total. The second-order valence-corrected chi connectivity index (χ2v) is 10.8. The lowest BCUT2D eigenvalue weighted by molar-refractivity contribution is -0.384. The first-order chi connectivity index (χ1) is 19.2. The van der Waals surface area contributed by atoms with Crippen molar-refractivity contribution in [2.45, 2.75) is 31.7 Å². The number of likely N-dealkylation sites (tertiary alicyclic amines) is 1. The molecule has 0 saturated carbocycles. The van der Waals surface area contributed by atoms with Gasteiger partial charge in [-0.05, 0) is 40.3 Å². The van der Waals surface area contributed by atoms with Crippen LogP contribution in [0.3, 0.4) is 0 Å². The Hall–Kier alpha value is -4.66. The van der Waals surface area contributed by atoms with Crippen LogP contribution in [0.25, 0.3) is 0 Å². The number of ketones is 1. The summed E-state index contributed by atoms with van der Waals surface area (Å²) in [5.74, 6) is -4.49. The van der Waals surface area contributed by atoms with Gasteiger partial charge >= 0.3 is 5.97 Å². The third-order valence-electron chi connectivity index (χ3n) is 8.38. The van der Waals surface area contributed by atoms with E-state index in [1.807, 2.05) is 48.5 Å². The maximum atomic E-state index is 14.0. The number of rotatable bonds is 7. The number of nitrogens with zero attached hydrogens (tertiary/aromatic N) is 2. The van der Waals surface area contributed by atoms with Crippen LogP contribution in [0.4, 0.5) is 5.69 Å². The van der Waals surface area contributed by atoms with E-state index in [1.165, 1.54) is 24.3 Å². The molecule has 1 aliphatic heterocycles. The van der Waals surface area contributed by atoms with E-state index in [1.54, 1.807) is 13.8 Å². The maximum Gasteiger partial charge on any atom is 0.330 e. The second kappa shape index (κ2) is 9.51. The molecule has 1 fully saturated rings. The van der Waals surface area contributed by atoms with Crippen molar-refractivity contribution in [1.82, 2.24) is 4.90 Å². The smallest absolute Gasteiger partial charge is 0.330 e. The van der Waals surface area contributed by atoms with Gasteiger partial charge in [-0.3, -0.25) is 29.4 Å². The Bertz CT molecular complexity index is 1460. The minimum Gasteiger partial charge on any atom is -0.456 e. The third kappa shape index (κ3) is 3.76. The molecule has 3 aromatic rings. The standard InChI is InChI=1S/C31H26N2O7/c1-16(2)28(31(37)40-15-23(34)17-11-13-18(14-12-17)33(38)39)32-29(35)26-24-19-7-3-4-8-20(19)25(27(26)30(32)36)22-10-6-5-9-21(22)24/h3-14,16,24-28H,15H2,1-2H3/t24?,25?,26-,27-,28-/m1/s1. The molecule has 0 aromatic heterocycles. The van der Waals surface area contributed by atoms with E-state index in [4.69, 9.17) is 4.74 Å². The molecule has 2 bridgehead atoms. The van der Waals surface area contributed by atoms with Gasteiger partial charge in [-0.1, -0.05) is 62.4 Å². The summed E-state index contributed by atoms with van der Waals surface area (Å²) in [6.45, 7) is 2.83. The molecule has 0 spiro atoms. The van der Waals surface area contributed by atoms with Gasteiger partial charge in [0.1, 0.15) is 6.04 Å². The van der Waals surface area contributed by atoms with E-state index in [2.05, 4.69) is 0 Å². The van der Waals surface area contributed by atoms with Gasteiger partial charge in [0, 0.05) is 29.5 Å². The number of non-ortho nitro benzene ring substituents is 1. The lowest BCUT2D eigenvalue weighted by atomic mass is 9.55. The Labute approximate surface area is 229 Å². The molecule has 3 aromatic carbocycles. The van der Waals surface area contributed by atoms with Crippen LogP contribution in [0.2, 0.25) is 0 Å². The maximum absolute atomic E-state index is 14.0. The molecule has 40 heavy (non-hydrogen) atoms. The van der Waals surface area contributed by atoms with Crippen LogP contribution in [0, 0.1) is 27.9 Å². The van der Waals surface area contributed by atoms with Crippen LogP contribution >= 0.6 is 0 Å². The Morgan fingerprint density at radius 3 is 1.68 bits per heavy atom. The SMILES string of the molecule is CC(C)[C@H](C(=O)OCC(=O)c1ccc([N+](=O)[O-])cc1)N1C(=O)[C@@H]2C3c4ccccc4C(c4ccccc43)[C@H]2C1=O. The highest BCUT2D eigenvalue weighted by molar-refractivity contribution is 6.10. The first-order valence-corrected chi connectivity index (χ1v) is 13.2. The molecule has 0 unspecified atom stereocenters. The number of esters is 1. The highest BCUT2D eigenvalue weighted by Gasteiger charge is 2.63. The first kappa shape index (κ1) is 25.6. The summed E-state index contributed by atoms with van der Waals surface area (Å²) in [6.07, 6.45) is 0. The van der Waals surface area contributed by atoms with Gasteiger partial charge in [-0.2, -0.15) is 0 Å². The Balaban J connectivity index is 1.27. The monoisotopic (exact) mass is 538 g/mol. The number of nitro benzene ring substituents is 1. The predicted octanol–water partition coefficient (Wildman–Crippen LogP) is 4.24. The summed E-state index contributed by atoms with van der Waals surface area (Å²) in [4.78, 5) is 65.4. The van der Waals surface area contributed by atoms with Crippen molar-refractivity contribution < 1.29 is 28.8 Å². The Morgan fingerprint density at radius 1 is 0.825 bits per heavy atom.